The standard InChI is InChI=1S/C17H31N3O3/c1-12(19-13-10-15(21)18-11-13)9-14-7-5-6-8-20(14)16(22)23-17(2,3)4/h12-14,19H,5-11H2,1-4H3,(H,18,21). The lowest BCUT2D eigenvalue weighted by molar-refractivity contribution is -0.119. The van der Waals surface area contributed by atoms with Gasteiger partial charge in [0.05, 0.1) is 0 Å². The van der Waals surface area contributed by atoms with Gasteiger partial charge in [0.1, 0.15) is 5.60 Å². The van der Waals surface area contributed by atoms with Crippen LogP contribution in [0.15, 0.2) is 0 Å². The van der Waals surface area contributed by atoms with Gasteiger partial charge in [-0.2, -0.15) is 0 Å². The topological polar surface area (TPSA) is 70.7 Å². The van der Waals surface area contributed by atoms with Crippen LogP contribution in [0, 0.1) is 0 Å². The highest BCUT2D eigenvalue weighted by atomic mass is 16.6. The fourth-order valence-electron chi connectivity index (χ4n) is 3.41. The van der Waals surface area contributed by atoms with E-state index in [2.05, 4.69) is 17.6 Å². The first-order chi connectivity index (χ1) is 10.7. The quantitative estimate of drug-likeness (QED) is 0.830. The summed E-state index contributed by atoms with van der Waals surface area (Å²) in [4.78, 5) is 25.6. The Labute approximate surface area is 139 Å². The van der Waals surface area contributed by atoms with E-state index >= 15 is 0 Å². The van der Waals surface area contributed by atoms with E-state index in [0.717, 1.165) is 32.2 Å². The molecule has 0 saturated carbocycles. The van der Waals surface area contributed by atoms with Crippen LogP contribution in [-0.2, 0) is 9.53 Å². The van der Waals surface area contributed by atoms with Crippen molar-refractivity contribution in [3.8, 4) is 0 Å². The Morgan fingerprint density at radius 2 is 2.17 bits per heavy atom. The number of piperidine rings is 1. The molecule has 0 radical (unpaired) electrons. The van der Waals surface area contributed by atoms with Gasteiger partial charge in [-0.05, 0) is 53.4 Å². The van der Waals surface area contributed by atoms with Gasteiger partial charge in [-0.25, -0.2) is 4.79 Å². The summed E-state index contributed by atoms with van der Waals surface area (Å²) in [6, 6.07) is 0.683. The molecule has 132 valence electrons. The molecule has 0 aromatic heterocycles. The summed E-state index contributed by atoms with van der Waals surface area (Å²) < 4.78 is 5.55. The van der Waals surface area contributed by atoms with Crippen molar-refractivity contribution in [3.63, 3.8) is 0 Å². The highest BCUT2D eigenvalue weighted by Gasteiger charge is 2.32. The highest BCUT2D eigenvalue weighted by molar-refractivity contribution is 5.78. The monoisotopic (exact) mass is 325 g/mol. The molecule has 2 saturated heterocycles. The molecule has 0 aromatic carbocycles. The van der Waals surface area contributed by atoms with Gasteiger partial charge in [0.15, 0.2) is 0 Å². The molecule has 0 spiro atoms. The van der Waals surface area contributed by atoms with Crippen LogP contribution in [0.5, 0.6) is 0 Å². The normalized spacial score (nSPS) is 26.8. The van der Waals surface area contributed by atoms with E-state index in [0.29, 0.717) is 13.0 Å². The van der Waals surface area contributed by atoms with Gasteiger partial charge in [-0.1, -0.05) is 0 Å². The van der Waals surface area contributed by atoms with Crippen molar-refractivity contribution in [2.45, 2.75) is 83.5 Å². The summed E-state index contributed by atoms with van der Waals surface area (Å²) in [7, 11) is 0. The Bertz CT molecular complexity index is 433. The first kappa shape index (κ1) is 18.0. The molecule has 0 bridgehead atoms. The number of rotatable bonds is 4. The Morgan fingerprint density at radius 3 is 2.78 bits per heavy atom. The Hall–Kier alpha value is -1.30. The van der Waals surface area contributed by atoms with Gasteiger partial charge in [-0.3, -0.25) is 4.79 Å². The van der Waals surface area contributed by atoms with Crippen LogP contribution < -0.4 is 10.6 Å². The smallest absolute Gasteiger partial charge is 0.410 e. The SMILES string of the molecule is CC(CC1CCCCN1C(=O)OC(C)(C)C)NC1CNC(=O)C1. The van der Waals surface area contributed by atoms with Crippen LogP contribution in [0.1, 0.15) is 59.8 Å². The Balaban J connectivity index is 1.87. The van der Waals surface area contributed by atoms with Crippen molar-refractivity contribution in [1.82, 2.24) is 15.5 Å². The number of nitrogens with one attached hydrogen (secondary N) is 2. The van der Waals surface area contributed by atoms with Crippen LogP contribution in [0.4, 0.5) is 4.79 Å². The molecule has 3 unspecified atom stereocenters. The van der Waals surface area contributed by atoms with Crippen LogP contribution >= 0.6 is 0 Å². The zero-order valence-electron chi connectivity index (χ0n) is 14.9. The molecule has 2 aliphatic rings. The largest absolute Gasteiger partial charge is 0.444 e. The number of carbonyl (C=O) groups excluding carboxylic acids is 2. The van der Waals surface area contributed by atoms with Crippen molar-refractivity contribution in [2.24, 2.45) is 0 Å². The second-order valence-corrected chi connectivity index (χ2v) is 7.83. The number of hydrogen-bond acceptors (Lipinski definition) is 4. The average Bonchev–Trinajstić information content (AvgIpc) is 2.82. The Kier molecular flexibility index (Phi) is 5.89. The third-order valence-corrected chi connectivity index (χ3v) is 4.38. The summed E-state index contributed by atoms with van der Waals surface area (Å²) in [6.45, 7) is 9.30. The van der Waals surface area contributed by atoms with Gasteiger partial charge < -0.3 is 20.3 Å². The molecule has 3 atom stereocenters. The molecular formula is C17H31N3O3. The maximum Gasteiger partial charge on any atom is 0.410 e. The van der Waals surface area contributed by atoms with Crippen LogP contribution in [0.2, 0.25) is 0 Å². The van der Waals surface area contributed by atoms with E-state index in [9.17, 15) is 9.59 Å². The summed E-state index contributed by atoms with van der Waals surface area (Å²) in [6.07, 6.45) is 4.45. The number of ether oxygens (including phenoxy) is 1. The molecule has 2 N–H and O–H groups in total. The second-order valence-electron chi connectivity index (χ2n) is 7.83. The van der Waals surface area contributed by atoms with Gasteiger partial charge >= 0.3 is 6.09 Å². The summed E-state index contributed by atoms with van der Waals surface area (Å²) in [5.74, 6) is 0.114. The lowest BCUT2D eigenvalue weighted by Gasteiger charge is -2.38. The van der Waals surface area contributed by atoms with Crippen LogP contribution in [-0.4, -0.2) is 53.7 Å². The molecule has 0 aromatic rings. The van der Waals surface area contributed by atoms with E-state index in [1.54, 1.807) is 0 Å². The second kappa shape index (κ2) is 7.51. The first-order valence-electron chi connectivity index (χ1n) is 8.77. The van der Waals surface area contributed by atoms with Gasteiger partial charge in [0, 0.05) is 37.6 Å². The third kappa shape index (κ3) is 5.68. The van der Waals surface area contributed by atoms with Crippen molar-refractivity contribution < 1.29 is 14.3 Å². The lowest BCUT2D eigenvalue weighted by atomic mass is 9.96. The lowest BCUT2D eigenvalue weighted by Crippen LogP contribution is -2.49. The van der Waals surface area contributed by atoms with Gasteiger partial charge in [-0.15, -0.1) is 0 Å². The first-order valence-corrected chi connectivity index (χ1v) is 8.77. The molecule has 23 heavy (non-hydrogen) atoms. The molecule has 6 heteroatoms. The minimum Gasteiger partial charge on any atom is -0.444 e. The molecule has 2 aliphatic heterocycles. The summed E-state index contributed by atoms with van der Waals surface area (Å²) in [5.41, 5.74) is -0.459. The van der Waals surface area contributed by atoms with Crippen LogP contribution in [0.3, 0.4) is 0 Å². The minimum absolute atomic E-state index is 0.114. The number of carbonyl (C=O) groups is 2. The van der Waals surface area contributed by atoms with Crippen molar-refractivity contribution >= 4 is 12.0 Å². The number of amides is 2. The van der Waals surface area contributed by atoms with E-state index < -0.39 is 5.60 Å². The number of likely N-dealkylation sites (tertiary alicyclic amines) is 1. The van der Waals surface area contributed by atoms with E-state index in [1.807, 2.05) is 25.7 Å². The maximum atomic E-state index is 12.4. The molecule has 0 aliphatic carbocycles. The van der Waals surface area contributed by atoms with Crippen molar-refractivity contribution in [1.29, 1.82) is 0 Å². The third-order valence-electron chi connectivity index (χ3n) is 4.38. The van der Waals surface area contributed by atoms with E-state index in [1.165, 1.54) is 0 Å². The van der Waals surface area contributed by atoms with Crippen molar-refractivity contribution in [2.75, 3.05) is 13.1 Å². The predicted molar refractivity (Wildman–Crippen MR) is 89.2 cm³/mol. The number of nitrogens with zero attached hydrogens (tertiary/aromatic N) is 1. The van der Waals surface area contributed by atoms with Gasteiger partial charge in [0.25, 0.3) is 0 Å². The van der Waals surface area contributed by atoms with E-state index in [4.69, 9.17) is 4.74 Å². The summed E-state index contributed by atoms with van der Waals surface area (Å²) in [5, 5.41) is 6.35. The van der Waals surface area contributed by atoms with Gasteiger partial charge in [0.2, 0.25) is 5.91 Å². The Morgan fingerprint density at radius 1 is 1.43 bits per heavy atom. The fourth-order valence-corrected chi connectivity index (χ4v) is 3.41. The van der Waals surface area contributed by atoms with Crippen molar-refractivity contribution in [3.05, 3.63) is 0 Å². The summed E-state index contributed by atoms with van der Waals surface area (Å²) >= 11 is 0. The molecule has 2 amide bonds. The minimum atomic E-state index is -0.459. The molecule has 2 fully saturated rings. The van der Waals surface area contributed by atoms with E-state index in [-0.39, 0.29) is 30.1 Å². The zero-order chi connectivity index (χ0) is 17.0. The maximum absolute atomic E-state index is 12.4. The molecule has 6 nitrogen and oxygen atoms in total. The number of hydrogen-bond donors (Lipinski definition) is 2. The molecule has 2 rings (SSSR count). The predicted octanol–water partition coefficient (Wildman–Crippen LogP) is 2.03. The highest BCUT2D eigenvalue weighted by Crippen LogP contribution is 2.23. The fraction of sp³-hybridized carbons (Fsp3) is 0.882. The van der Waals surface area contributed by atoms with Crippen LogP contribution in [0.25, 0.3) is 0 Å². The molecular weight excluding hydrogens is 294 g/mol. The average molecular weight is 325 g/mol. The molecule has 2 heterocycles. The zero-order valence-corrected chi connectivity index (χ0v) is 14.9.